The minimum absolute atomic E-state index is 0.0781. The zero-order chi connectivity index (χ0) is 13.8. The van der Waals surface area contributed by atoms with Gasteiger partial charge >= 0.3 is 6.18 Å². The minimum Gasteiger partial charge on any atom is -0.192 e. The maximum Gasteiger partial charge on any atom is 0.416 e. The van der Waals surface area contributed by atoms with Crippen LogP contribution in [0.5, 0.6) is 0 Å². The number of hydrogen-bond acceptors (Lipinski definition) is 1. The SMILES string of the molecule is CCCC(CC)c1cc(C#N)cc(C(F)(F)F)c1. The maximum atomic E-state index is 12.7. The second-order valence-corrected chi connectivity index (χ2v) is 4.35. The Bertz CT molecular complexity index is 443. The Labute approximate surface area is 105 Å². The van der Waals surface area contributed by atoms with E-state index in [9.17, 15) is 13.2 Å². The number of nitrogens with zero attached hydrogens (tertiary/aromatic N) is 1. The van der Waals surface area contributed by atoms with Crippen LogP contribution in [0.15, 0.2) is 18.2 Å². The first-order valence-electron chi connectivity index (χ1n) is 6.04. The summed E-state index contributed by atoms with van der Waals surface area (Å²) in [5, 5.41) is 8.82. The molecule has 0 fully saturated rings. The third kappa shape index (κ3) is 3.49. The van der Waals surface area contributed by atoms with Gasteiger partial charge in [0, 0.05) is 0 Å². The maximum absolute atomic E-state index is 12.7. The summed E-state index contributed by atoms with van der Waals surface area (Å²) < 4.78 is 38.2. The highest BCUT2D eigenvalue weighted by molar-refractivity contribution is 5.40. The first-order valence-corrected chi connectivity index (χ1v) is 6.04. The van der Waals surface area contributed by atoms with Gasteiger partial charge in [0.05, 0.1) is 17.2 Å². The molecule has 0 saturated carbocycles. The number of benzene rings is 1. The highest BCUT2D eigenvalue weighted by Crippen LogP contribution is 2.34. The Morgan fingerprint density at radius 1 is 1.22 bits per heavy atom. The van der Waals surface area contributed by atoms with Gasteiger partial charge in [0.1, 0.15) is 0 Å². The largest absolute Gasteiger partial charge is 0.416 e. The van der Waals surface area contributed by atoms with Crippen molar-refractivity contribution in [1.82, 2.24) is 0 Å². The topological polar surface area (TPSA) is 23.8 Å². The molecule has 1 rings (SSSR count). The van der Waals surface area contributed by atoms with Gasteiger partial charge in [-0.3, -0.25) is 0 Å². The molecule has 1 nitrogen and oxygen atoms in total. The molecule has 1 unspecified atom stereocenters. The molecule has 0 aromatic heterocycles. The van der Waals surface area contributed by atoms with Crippen LogP contribution in [0.4, 0.5) is 13.2 Å². The Morgan fingerprint density at radius 2 is 1.89 bits per heavy atom. The smallest absolute Gasteiger partial charge is 0.192 e. The molecule has 1 aromatic carbocycles. The van der Waals surface area contributed by atoms with Gasteiger partial charge < -0.3 is 0 Å². The first kappa shape index (κ1) is 14.6. The second kappa shape index (κ2) is 5.90. The number of nitriles is 1. The molecule has 0 saturated heterocycles. The molecular weight excluding hydrogens is 239 g/mol. The van der Waals surface area contributed by atoms with E-state index in [2.05, 4.69) is 0 Å². The Hall–Kier alpha value is -1.50. The van der Waals surface area contributed by atoms with Crippen LogP contribution in [-0.4, -0.2) is 0 Å². The summed E-state index contributed by atoms with van der Waals surface area (Å²) in [6.07, 6.45) is -1.87. The molecule has 18 heavy (non-hydrogen) atoms. The van der Waals surface area contributed by atoms with E-state index in [-0.39, 0.29) is 11.5 Å². The fraction of sp³-hybridized carbons (Fsp3) is 0.500. The second-order valence-electron chi connectivity index (χ2n) is 4.35. The quantitative estimate of drug-likeness (QED) is 0.752. The third-order valence-electron chi connectivity index (χ3n) is 3.01. The van der Waals surface area contributed by atoms with Crippen molar-refractivity contribution in [3.8, 4) is 6.07 Å². The molecule has 0 spiro atoms. The predicted molar refractivity (Wildman–Crippen MR) is 64.1 cm³/mol. The molecule has 0 aliphatic rings. The van der Waals surface area contributed by atoms with Crippen molar-refractivity contribution >= 4 is 0 Å². The van der Waals surface area contributed by atoms with Gasteiger partial charge in [0.25, 0.3) is 0 Å². The van der Waals surface area contributed by atoms with Gasteiger partial charge in [-0.25, -0.2) is 0 Å². The molecule has 4 heteroatoms. The summed E-state index contributed by atoms with van der Waals surface area (Å²) in [6, 6.07) is 5.45. The number of rotatable bonds is 4. The van der Waals surface area contributed by atoms with Crippen LogP contribution in [0.25, 0.3) is 0 Å². The van der Waals surface area contributed by atoms with E-state index in [1.54, 1.807) is 12.1 Å². The lowest BCUT2D eigenvalue weighted by Gasteiger charge is -2.17. The van der Waals surface area contributed by atoms with E-state index < -0.39 is 11.7 Å². The van der Waals surface area contributed by atoms with E-state index in [0.717, 1.165) is 25.3 Å². The average molecular weight is 255 g/mol. The molecule has 0 heterocycles. The average Bonchev–Trinajstić information content (AvgIpc) is 2.34. The third-order valence-corrected chi connectivity index (χ3v) is 3.01. The molecule has 0 bridgehead atoms. The van der Waals surface area contributed by atoms with Crippen molar-refractivity contribution in [3.63, 3.8) is 0 Å². The predicted octanol–water partition coefficient (Wildman–Crippen LogP) is 4.87. The molecule has 0 radical (unpaired) electrons. The van der Waals surface area contributed by atoms with Crippen LogP contribution in [-0.2, 0) is 6.18 Å². The van der Waals surface area contributed by atoms with Crippen molar-refractivity contribution in [1.29, 1.82) is 5.26 Å². The molecule has 0 aliphatic carbocycles. The fourth-order valence-electron chi connectivity index (χ4n) is 2.07. The van der Waals surface area contributed by atoms with Crippen LogP contribution >= 0.6 is 0 Å². The van der Waals surface area contributed by atoms with Gasteiger partial charge in [-0.1, -0.05) is 20.3 Å². The lowest BCUT2D eigenvalue weighted by molar-refractivity contribution is -0.137. The lowest BCUT2D eigenvalue weighted by Crippen LogP contribution is -2.08. The summed E-state index contributed by atoms with van der Waals surface area (Å²) in [7, 11) is 0. The van der Waals surface area contributed by atoms with Crippen molar-refractivity contribution in [2.24, 2.45) is 0 Å². The van der Waals surface area contributed by atoms with Gasteiger partial charge in [-0.2, -0.15) is 18.4 Å². The van der Waals surface area contributed by atoms with Crippen LogP contribution in [0, 0.1) is 11.3 Å². The van der Waals surface area contributed by atoms with E-state index in [0.29, 0.717) is 5.56 Å². The molecule has 0 aliphatic heterocycles. The van der Waals surface area contributed by atoms with Crippen molar-refractivity contribution in [3.05, 3.63) is 34.9 Å². The zero-order valence-electron chi connectivity index (χ0n) is 10.5. The molecule has 98 valence electrons. The molecular formula is C14H16F3N. The zero-order valence-corrected chi connectivity index (χ0v) is 10.5. The van der Waals surface area contributed by atoms with Crippen LogP contribution < -0.4 is 0 Å². The fourth-order valence-corrected chi connectivity index (χ4v) is 2.07. The van der Waals surface area contributed by atoms with Gasteiger partial charge in [-0.15, -0.1) is 0 Å². The summed E-state index contributed by atoms with van der Waals surface area (Å²) in [6.45, 7) is 3.95. The Kier molecular flexibility index (Phi) is 4.77. The standard InChI is InChI=1S/C14H16F3N/c1-3-5-11(4-2)12-6-10(9-18)7-13(8-12)14(15,16)17/h6-8,11H,3-5H2,1-2H3. The van der Waals surface area contributed by atoms with Crippen LogP contribution in [0.2, 0.25) is 0 Å². The van der Waals surface area contributed by atoms with E-state index in [1.165, 1.54) is 6.07 Å². The van der Waals surface area contributed by atoms with Gasteiger partial charge in [0.15, 0.2) is 0 Å². The monoisotopic (exact) mass is 255 g/mol. The molecule has 1 aromatic rings. The van der Waals surface area contributed by atoms with E-state index in [4.69, 9.17) is 5.26 Å². The van der Waals surface area contributed by atoms with Crippen LogP contribution in [0.3, 0.4) is 0 Å². The van der Waals surface area contributed by atoms with Gasteiger partial charge in [0.2, 0.25) is 0 Å². The Morgan fingerprint density at radius 3 is 2.33 bits per heavy atom. The minimum atomic E-state index is -4.40. The number of hydrogen-bond donors (Lipinski definition) is 0. The molecule has 1 atom stereocenters. The van der Waals surface area contributed by atoms with Crippen molar-refractivity contribution in [2.45, 2.75) is 45.2 Å². The molecule has 0 amide bonds. The highest BCUT2D eigenvalue weighted by atomic mass is 19.4. The normalized spacial score (nSPS) is 13.1. The lowest BCUT2D eigenvalue weighted by atomic mass is 9.89. The summed E-state index contributed by atoms with van der Waals surface area (Å²) >= 11 is 0. The van der Waals surface area contributed by atoms with E-state index in [1.807, 2.05) is 13.8 Å². The Balaban J connectivity index is 3.24. The number of halogens is 3. The summed E-state index contributed by atoms with van der Waals surface area (Å²) in [5.41, 5.74) is -0.0359. The molecule has 0 N–H and O–H groups in total. The highest BCUT2D eigenvalue weighted by Gasteiger charge is 2.31. The van der Waals surface area contributed by atoms with Crippen LogP contribution in [0.1, 0.15) is 55.7 Å². The summed E-state index contributed by atoms with van der Waals surface area (Å²) in [5.74, 6) is 0.0874. The first-order chi connectivity index (χ1) is 8.42. The van der Waals surface area contributed by atoms with Crippen molar-refractivity contribution in [2.75, 3.05) is 0 Å². The van der Waals surface area contributed by atoms with E-state index >= 15 is 0 Å². The summed E-state index contributed by atoms with van der Waals surface area (Å²) in [4.78, 5) is 0. The number of alkyl halides is 3. The van der Waals surface area contributed by atoms with Crippen molar-refractivity contribution < 1.29 is 13.2 Å². The van der Waals surface area contributed by atoms with Gasteiger partial charge in [-0.05, 0) is 42.5 Å².